The minimum Gasteiger partial charge on any atom is -0.507 e. The van der Waals surface area contributed by atoms with Crippen LogP contribution in [-0.2, 0) is 25.3 Å². The number of carbonyl (C=O) groups excluding carboxylic acids is 2. The van der Waals surface area contributed by atoms with Crippen LogP contribution in [0.3, 0.4) is 0 Å². The van der Waals surface area contributed by atoms with Crippen LogP contribution in [0.15, 0.2) is 107 Å². The number of amides is 2. The molecule has 0 saturated carbocycles. The lowest BCUT2D eigenvalue weighted by atomic mass is 9.69. The molecule has 8 heteroatoms. The molecule has 1 aromatic heterocycles. The largest absolute Gasteiger partial charge is 0.507 e. The molecule has 0 bridgehead atoms. The Hall–Kier alpha value is -4.08. The van der Waals surface area contributed by atoms with Crippen molar-refractivity contribution in [1.29, 1.82) is 0 Å². The summed E-state index contributed by atoms with van der Waals surface area (Å²) in [6.07, 6.45) is 6.24. The molecule has 1 aliphatic carbocycles. The number of carbonyl (C=O) groups is 2. The smallest absolute Gasteiger partial charge is 0.261 e. The summed E-state index contributed by atoms with van der Waals surface area (Å²) in [5.41, 5.74) is 6.51. The summed E-state index contributed by atoms with van der Waals surface area (Å²) in [5, 5.41) is 14.6. The molecule has 0 unspecified atom stereocenters. The molecule has 0 spiro atoms. The molecule has 4 atom stereocenters. The zero-order valence-corrected chi connectivity index (χ0v) is 35.0. The van der Waals surface area contributed by atoms with Crippen molar-refractivity contribution in [2.75, 3.05) is 13.2 Å². The van der Waals surface area contributed by atoms with E-state index in [0.29, 0.717) is 31.9 Å². The van der Waals surface area contributed by atoms with Crippen LogP contribution in [0.4, 0.5) is 0 Å². The van der Waals surface area contributed by atoms with Crippen LogP contribution in [-0.4, -0.2) is 49.5 Å². The summed E-state index contributed by atoms with van der Waals surface area (Å²) < 4.78 is 14.3. The van der Waals surface area contributed by atoms with Crippen molar-refractivity contribution >= 4 is 47.9 Å². The summed E-state index contributed by atoms with van der Waals surface area (Å²) in [5.74, 6) is -0.778. The summed E-state index contributed by atoms with van der Waals surface area (Å²) in [7, 11) is -2.89. The Morgan fingerprint density at radius 2 is 1.58 bits per heavy atom. The molecule has 2 fully saturated rings. The van der Waals surface area contributed by atoms with Crippen LogP contribution in [0.25, 0.3) is 6.08 Å². The summed E-state index contributed by atoms with van der Waals surface area (Å²) >= 11 is 1.58. The van der Waals surface area contributed by atoms with Crippen molar-refractivity contribution in [2.45, 2.75) is 91.3 Å². The van der Waals surface area contributed by atoms with Crippen LogP contribution in [0.2, 0.25) is 5.04 Å². The maximum atomic E-state index is 14.3. The molecule has 288 valence electrons. The number of nitrogens with zero attached hydrogens (tertiary/aromatic N) is 1. The first-order valence-electron chi connectivity index (χ1n) is 19.9. The fraction of sp³-hybridized carbons (Fsp3) is 0.404. The molecular weight excluding hydrogens is 719 g/mol. The first-order chi connectivity index (χ1) is 26.4. The summed E-state index contributed by atoms with van der Waals surface area (Å²) in [4.78, 5) is 31.0. The number of allylic oxidation sites excluding steroid dienone is 1. The molecule has 2 amide bonds. The van der Waals surface area contributed by atoms with Crippen LogP contribution in [0.5, 0.6) is 5.75 Å². The van der Waals surface area contributed by atoms with E-state index >= 15 is 0 Å². The highest BCUT2D eigenvalue weighted by Gasteiger charge is 2.58. The Morgan fingerprint density at radius 1 is 0.927 bits per heavy atom. The lowest BCUT2D eigenvalue weighted by Gasteiger charge is -2.44. The van der Waals surface area contributed by atoms with E-state index < -0.39 is 20.2 Å². The Balaban J connectivity index is 1.26. The zero-order valence-electron chi connectivity index (χ0n) is 33.1. The van der Waals surface area contributed by atoms with Gasteiger partial charge in [0.25, 0.3) is 8.32 Å². The van der Waals surface area contributed by atoms with Crippen LogP contribution in [0, 0.1) is 31.6 Å². The minimum absolute atomic E-state index is 0.0632. The second-order valence-corrected chi connectivity index (χ2v) is 22.1. The number of phenolic OH excluding ortho intramolecular Hbond substituents is 1. The normalized spacial score (nSPS) is 21.7. The van der Waals surface area contributed by atoms with Crippen LogP contribution >= 0.6 is 11.3 Å². The number of ether oxygens (including phenoxy) is 1. The second kappa shape index (κ2) is 16.2. The average molecular weight is 774 g/mol. The predicted molar refractivity (Wildman–Crippen MR) is 225 cm³/mol. The average Bonchev–Trinajstić information content (AvgIpc) is 3.90. The monoisotopic (exact) mass is 773 g/mol. The molecule has 7 rings (SSSR count). The predicted octanol–water partition coefficient (Wildman–Crippen LogP) is 9.13. The molecule has 3 aromatic carbocycles. The van der Waals surface area contributed by atoms with E-state index in [1.165, 1.54) is 26.4 Å². The molecule has 2 saturated heterocycles. The number of fused-ring (bicyclic) bond motifs is 3. The van der Waals surface area contributed by atoms with E-state index in [1.54, 1.807) is 11.3 Å². The molecule has 1 N–H and O–H groups in total. The highest BCUT2D eigenvalue weighted by Crippen LogP contribution is 2.51. The summed E-state index contributed by atoms with van der Waals surface area (Å²) in [6, 6.07) is 29.4. The van der Waals surface area contributed by atoms with Gasteiger partial charge in [-0.15, -0.1) is 11.3 Å². The molecule has 0 radical (unpaired) electrons. The van der Waals surface area contributed by atoms with Gasteiger partial charge in [-0.05, 0) is 106 Å². The van der Waals surface area contributed by atoms with Gasteiger partial charge in [-0.3, -0.25) is 14.5 Å². The van der Waals surface area contributed by atoms with Gasteiger partial charge in [0, 0.05) is 10.8 Å². The van der Waals surface area contributed by atoms with E-state index in [1.807, 2.05) is 31.4 Å². The van der Waals surface area contributed by atoms with Gasteiger partial charge in [0.05, 0.1) is 37.7 Å². The number of likely N-dealkylation sites (tertiary alicyclic amines) is 1. The van der Waals surface area contributed by atoms with Gasteiger partial charge in [0.15, 0.2) is 0 Å². The van der Waals surface area contributed by atoms with Crippen LogP contribution < -0.4 is 10.4 Å². The Labute approximate surface area is 332 Å². The fourth-order valence-corrected chi connectivity index (χ4v) is 14.8. The number of hydrogen-bond acceptors (Lipinski definition) is 6. The first-order valence-corrected chi connectivity index (χ1v) is 22.7. The van der Waals surface area contributed by atoms with E-state index in [0.717, 1.165) is 52.8 Å². The number of phenols is 1. The van der Waals surface area contributed by atoms with Crippen LogP contribution in [0.1, 0.15) is 81.4 Å². The molecular formula is C47H55NO5SSi. The van der Waals surface area contributed by atoms with Crippen molar-refractivity contribution in [3.63, 3.8) is 0 Å². The van der Waals surface area contributed by atoms with Crippen molar-refractivity contribution in [3.8, 4) is 5.75 Å². The highest BCUT2D eigenvalue weighted by molar-refractivity contribution is 7.09. The van der Waals surface area contributed by atoms with Crippen molar-refractivity contribution in [1.82, 2.24) is 4.90 Å². The lowest BCUT2D eigenvalue weighted by Crippen LogP contribution is -2.66. The van der Waals surface area contributed by atoms with Gasteiger partial charge in [-0.25, -0.2) is 0 Å². The first kappa shape index (κ1) is 39.2. The molecule has 2 aliphatic heterocycles. The maximum Gasteiger partial charge on any atom is 0.261 e. The number of benzene rings is 3. The Bertz CT molecular complexity index is 2000. The number of imide groups is 1. The van der Waals surface area contributed by atoms with Gasteiger partial charge in [0.2, 0.25) is 11.8 Å². The number of aryl methyl sites for hydroxylation is 2. The number of aromatic hydroxyl groups is 1. The number of thiophene rings is 1. The Kier molecular flexibility index (Phi) is 11.5. The SMILES string of the molecule is CCC/C(=C\c1cc(C)c(O)c(C)c1)CC[C@H]1OC[C@H]2C1=C(CO[Si](c1ccccc1)(c1ccccc1)C(C)(C)C)C[C@H]1C(=O)N(Cc3cccs3)C(=O)[C@H]12. The standard InChI is InChI=1S/C47H55NO5SSi/c1-7-15-33(26-34-24-31(2)44(49)32(3)25-34)21-22-41-42-35(27-39-43(40(42)30-52-41)46(51)48(45(39)50)28-36-16-14-23-54-36)29-53-55(47(4,5)6,37-17-10-8-11-18-37)38-19-12-9-13-20-38/h8-14,16-20,23-26,39-41,43,49H,7,15,21-22,27-30H2,1-6H3/b33-26+/t39-,40+,41-,43-/m1/s1. The van der Waals surface area contributed by atoms with Gasteiger partial charge in [0.1, 0.15) is 5.75 Å². The van der Waals surface area contributed by atoms with Gasteiger partial charge in [-0.1, -0.05) is 112 Å². The molecule has 4 aromatic rings. The quantitative estimate of drug-likeness (QED) is 0.0834. The maximum absolute atomic E-state index is 14.3. The van der Waals surface area contributed by atoms with E-state index in [9.17, 15) is 14.7 Å². The van der Waals surface area contributed by atoms with Gasteiger partial charge in [-0.2, -0.15) is 0 Å². The fourth-order valence-electron chi connectivity index (χ4n) is 9.56. The molecule has 3 heterocycles. The molecule has 3 aliphatic rings. The van der Waals surface area contributed by atoms with E-state index in [2.05, 4.69) is 107 Å². The lowest BCUT2D eigenvalue weighted by molar-refractivity contribution is -0.140. The van der Waals surface area contributed by atoms with E-state index in [4.69, 9.17) is 9.16 Å². The molecule has 6 nitrogen and oxygen atoms in total. The summed E-state index contributed by atoms with van der Waals surface area (Å²) in [6.45, 7) is 14.1. The van der Waals surface area contributed by atoms with Crippen molar-refractivity contribution in [2.24, 2.45) is 17.8 Å². The van der Waals surface area contributed by atoms with Crippen molar-refractivity contribution < 1.29 is 23.9 Å². The highest BCUT2D eigenvalue weighted by atomic mass is 32.1. The second-order valence-electron chi connectivity index (χ2n) is 16.7. The van der Waals surface area contributed by atoms with Gasteiger partial charge >= 0.3 is 0 Å². The third-order valence-corrected chi connectivity index (χ3v) is 17.9. The minimum atomic E-state index is -2.89. The molecule has 55 heavy (non-hydrogen) atoms. The third kappa shape index (κ3) is 7.59. The number of hydrogen-bond donors (Lipinski definition) is 1. The van der Waals surface area contributed by atoms with Gasteiger partial charge < -0.3 is 14.3 Å². The topological polar surface area (TPSA) is 76.1 Å². The third-order valence-electron chi connectivity index (χ3n) is 12.1. The van der Waals surface area contributed by atoms with Crippen molar-refractivity contribution in [3.05, 3.63) is 129 Å². The van der Waals surface area contributed by atoms with E-state index in [-0.39, 0.29) is 28.9 Å². The zero-order chi connectivity index (χ0) is 38.9. The number of rotatable bonds is 13. The Morgan fingerprint density at radius 3 is 2.16 bits per heavy atom.